The quantitative estimate of drug-likeness (QED) is 0.699. The van der Waals surface area contributed by atoms with Gasteiger partial charge in [0.05, 0.1) is 11.3 Å². The topological polar surface area (TPSA) is 84.1 Å². The zero-order chi connectivity index (χ0) is 12.4. The third kappa shape index (κ3) is 2.21. The molecule has 2 heterocycles. The number of aromatic nitrogens is 2. The van der Waals surface area contributed by atoms with Crippen molar-refractivity contribution in [3.63, 3.8) is 0 Å². The zero-order valence-electron chi connectivity index (χ0n) is 10.2. The molecule has 0 bridgehead atoms. The van der Waals surface area contributed by atoms with E-state index >= 15 is 0 Å². The fourth-order valence-electron chi connectivity index (χ4n) is 1.92. The molecule has 17 heavy (non-hydrogen) atoms. The average molecular weight is 235 g/mol. The normalized spacial score (nSPS) is 16.0. The number of nitrogens with zero attached hydrogens (tertiary/aromatic N) is 3. The second-order valence-corrected chi connectivity index (χ2v) is 4.21. The van der Waals surface area contributed by atoms with Gasteiger partial charge in [0.15, 0.2) is 5.82 Å². The molecule has 0 aliphatic carbocycles. The molecule has 6 heteroatoms. The highest BCUT2D eigenvalue weighted by Crippen LogP contribution is 2.18. The van der Waals surface area contributed by atoms with Gasteiger partial charge in [0.1, 0.15) is 0 Å². The van der Waals surface area contributed by atoms with E-state index in [4.69, 9.17) is 5.73 Å². The first kappa shape index (κ1) is 11.8. The molecule has 1 aliphatic rings. The standard InChI is InChI=1S/C11H17N5O/c1-7-8(2)14-15-10(12)9(7)11(17)16-5-3-13-4-6-16/h13H,3-6H2,1-2H3,(H2,12,15). The molecule has 3 N–H and O–H groups in total. The number of carbonyl (C=O) groups is 1. The van der Waals surface area contributed by atoms with E-state index in [1.807, 2.05) is 13.8 Å². The molecule has 1 fully saturated rings. The molecule has 0 radical (unpaired) electrons. The third-order valence-corrected chi connectivity index (χ3v) is 3.10. The van der Waals surface area contributed by atoms with Crippen LogP contribution in [0.5, 0.6) is 0 Å². The van der Waals surface area contributed by atoms with Gasteiger partial charge in [0, 0.05) is 26.2 Å². The molecule has 92 valence electrons. The van der Waals surface area contributed by atoms with Crippen LogP contribution in [-0.4, -0.2) is 47.2 Å². The van der Waals surface area contributed by atoms with Gasteiger partial charge in [-0.3, -0.25) is 4.79 Å². The van der Waals surface area contributed by atoms with Gasteiger partial charge in [-0.2, -0.15) is 5.10 Å². The number of aryl methyl sites for hydroxylation is 1. The minimum atomic E-state index is -0.0421. The number of nitrogens with two attached hydrogens (primary N) is 1. The lowest BCUT2D eigenvalue weighted by molar-refractivity contribution is 0.0735. The van der Waals surface area contributed by atoms with Gasteiger partial charge in [-0.25, -0.2) is 0 Å². The highest BCUT2D eigenvalue weighted by molar-refractivity contribution is 5.99. The lowest BCUT2D eigenvalue weighted by atomic mass is 10.1. The van der Waals surface area contributed by atoms with Crippen molar-refractivity contribution in [2.24, 2.45) is 0 Å². The first-order valence-electron chi connectivity index (χ1n) is 5.70. The summed E-state index contributed by atoms with van der Waals surface area (Å²) in [6.45, 7) is 6.74. The van der Waals surface area contributed by atoms with Crippen molar-refractivity contribution >= 4 is 11.7 Å². The molecule has 0 saturated carbocycles. The first-order valence-corrected chi connectivity index (χ1v) is 5.70. The van der Waals surface area contributed by atoms with Crippen molar-refractivity contribution in [1.82, 2.24) is 20.4 Å². The van der Waals surface area contributed by atoms with Crippen LogP contribution in [0.1, 0.15) is 21.6 Å². The summed E-state index contributed by atoms with van der Waals surface area (Å²) in [5.41, 5.74) is 7.83. The number of nitrogens with one attached hydrogen (secondary N) is 1. The highest BCUT2D eigenvalue weighted by atomic mass is 16.2. The molecule has 0 aromatic carbocycles. The van der Waals surface area contributed by atoms with Crippen LogP contribution in [0.3, 0.4) is 0 Å². The number of carbonyl (C=O) groups excluding carboxylic acids is 1. The van der Waals surface area contributed by atoms with Crippen LogP contribution in [0.2, 0.25) is 0 Å². The predicted molar refractivity (Wildman–Crippen MR) is 64.7 cm³/mol. The van der Waals surface area contributed by atoms with Crippen molar-refractivity contribution in [3.8, 4) is 0 Å². The fraction of sp³-hybridized carbons (Fsp3) is 0.545. The summed E-state index contributed by atoms with van der Waals surface area (Å²) in [5.74, 6) is 0.177. The summed E-state index contributed by atoms with van der Waals surface area (Å²) in [4.78, 5) is 14.1. The van der Waals surface area contributed by atoms with Crippen LogP contribution < -0.4 is 11.1 Å². The van der Waals surface area contributed by atoms with E-state index in [-0.39, 0.29) is 11.7 Å². The second kappa shape index (κ2) is 4.67. The van der Waals surface area contributed by atoms with E-state index in [0.29, 0.717) is 18.7 Å². The van der Waals surface area contributed by atoms with Crippen molar-refractivity contribution in [2.75, 3.05) is 31.9 Å². The Labute approximate surface area is 100 Å². The molecule has 1 aromatic rings. The summed E-state index contributed by atoms with van der Waals surface area (Å²) in [6, 6.07) is 0. The highest BCUT2D eigenvalue weighted by Gasteiger charge is 2.23. The maximum absolute atomic E-state index is 12.3. The van der Waals surface area contributed by atoms with Gasteiger partial charge in [-0.05, 0) is 19.4 Å². The predicted octanol–water partition coefficient (Wildman–Crippen LogP) is -0.279. The van der Waals surface area contributed by atoms with E-state index in [9.17, 15) is 4.79 Å². The summed E-state index contributed by atoms with van der Waals surface area (Å²) < 4.78 is 0. The summed E-state index contributed by atoms with van der Waals surface area (Å²) in [7, 11) is 0. The number of anilines is 1. The fourth-order valence-corrected chi connectivity index (χ4v) is 1.92. The largest absolute Gasteiger partial charge is 0.382 e. The molecule has 2 rings (SSSR count). The first-order chi connectivity index (χ1) is 8.11. The summed E-state index contributed by atoms with van der Waals surface area (Å²) in [6.07, 6.45) is 0. The van der Waals surface area contributed by atoms with Crippen molar-refractivity contribution < 1.29 is 4.79 Å². The molecule has 1 saturated heterocycles. The molecule has 0 atom stereocenters. The number of nitrogen functional groups attached to an aromatic ring is 1. The number of hydrogen-bond donors (Lipinski definition) is 2. The van der Waals surface area contributed by atoms with E-state index in [0.717, 1.165) is 24.3 Å². The van der Waals surface area contributed by atoms with Crippen LogP contribution in [0.4, 0.5) is 5.82 Å². The Bertz CT molecular complexity index is 440. The smallest absolute Gasteiger partial charge is 0.258 e. The van der Waals surface area contributed by atoms with Crippen molar-refractivity contribution in [3.05, 3.63) is 16.8 Å². The van der Waals surface area contributed by atoms with Gasteiger partial charge < -0.3 is 16.0 Å². The van der Waals surface area contributed by atoms with Crippen LogP contribution >= 0.6 is 0 Å². The van der Waals surface area contributed by atoms with Gasteiger partial charge in [0.25, 0.3) is 5.91 Å². The third-order valence-electron chi connectivity index (χ3n) is 3.10. The Morgan fingerprint density at radius 2 is 1.94 bits per heavy atom. The van der Waals surface area contributed by atoms with E-state index < -0.39 is 0 Å². The molecule has 6 nitrogen and oxygen atoms in total. The van der Waals surface area contributed by atoms with Crippen LogP contribution in [0.15, 0.2) is 0 Å². The number of amides is 1. The lowest BCUT2D eigenvalue weighted by Crippen LogP contribution is -2.46. The minimum Gasteiger partial charge on any atom is -0.382 e. The van der Waals surface area contributed by atoms with Crippen molar-refractivity contribution in [1.29, 1.82) is 0 Å². The molecule has 0 unspecified atom stereocenters. The van der Waals surface area contributed by atoms with Crippen LogP contribution in [0.25, 0.3) is 0 Å². The zero-order valence-corrected chi connectivity index (χ0v) is 10.2. The van der Waals surface area contributed by atoms with Gasteiger partial charge in [0.2, 0.25) is 0 Å². The number of rotatable bonds is 1. The second-order valence-electron chi connectivity index (χ2n) is 4.21. The van der Waals surface area contributed by atoms with E-state index in [2.05, 4.69) is 15.5 Å². The number of hydrogen-bond acceptors (Lipinski definition) is 5. The molecular formula is C11H17N5O. The molecule has 1 amide bonds. The summed E-state index contributed by atoms with van der Waals surface area (Å²) in [5, 5.41) is 10.9. The average Bonchev–Trinajstić information content (AvgIpc) is 2.35. The Hall–Kier alpha value is -1.69. The Kier molecular flexibility index (Phi) is 3.23. The lowest BCUT2D eigenvalue weighted by Gasteiger charge is -2.28. The Morgan fingerprint density at radius 3 is 2.59 bits per heavy atom. The molecule has 1 aliphatic heterocycles. The molecule has 1 aromatic heterocycles. The Morgan fingerprint density at radius 1 is 1.29 bits per heavy atom. The van der Waals surface area contributed by atoms with Gasteiger partial charge in [-0.15, -0.1) is 5.10 Å². The maximum atomic E-state index is 12.3. The molecule has 0 spiro atoms. The minimum absolute atomic E-state index is 0.0421. The summed E-state index contributed by atoms with van der Waals surface area (Å²) >= 11 is 0. The van der Waals surface area contributed by atoms with Crippen LogP contribution in [0, 0.1) is 13.8 Å². The van der Waals surface area contributed by atoms with E-state index in [1.165, 1.54) is 0 Å². The van der Waals surface area contributed by atoms with Gasteiger partial charge in [-0.1, -0.05) is 0 Å². The molecular weight excluding hydrogens is 218 g/mol. The SMILES string of the molecule is Cc1nnc(N)c(C(=O)N2CCNCC2)c1C. The van der Waals surface area contributed by atoms with Crippen molar-refractivity contribution in [2.45, 2.75) is 13.8 Å². The van der Waals surface area contributed by atoms with Crippen LogP contribution in [-0.2, 0) is 0 Å². The van der Waals surface area contributed by atoms with E-state index in [1.54, 1.807) is 4.90 Å². The monoisotopic (exact) mass is 235 g/mol. The Balaban J connectivity index is 2.32. The maximum Gasteiger partial charge on any atom is 0.258 e. The number of piperazine rings is 1. The van der Waals surface area contributed by atoms with Gasteiger partial charge >= 0.3 is 0 Å².